The van der Waals surface area contributed by atoms with Gasteiger partial charge in [0.25, 0.3) is 0 Å². The topological polar surface area (TPSA) is 68.2 Å². The summed E-state index contributed by atoms with van der Waals surface area (Å²) in [5.41, 5.74) is 8.12. The summed E-state index contributed by atoms with van der Waals surface area (Å²) in [6.07, 6.45) is 4.12. The molecule has 0 saturated heterocycles. The number of aryl methyl sites for hydroxylation is 1. The molecule has 2 aromatic heterocycles. The molecule has 5 nitrogen and oxygen atoms in total. The van der Waals surface area contributed by atoms with E-state index in [2.05, 4.69) is 28.4 Å². The summed E-state index contributed by atoms with van der Waals surface area (Å²) < 4.78 is 1.81. The third-order valence-electron chi connectivity index (χ3n) is 3.27. The van der Waals surface area contributed by atoms with Crippen molar-refractivity contribution in [2.75, 3.05) is 11.9 Å². The predicted octanol–water partition coefficient (Wildman–Crippen LogP) is 1.19. The van der Waals surface area contributed by atoms with E-state index in [-0.39, 0.29) is 6.04 Å². The van der Waals surface area contributed by atoms with Crippen LogP contribution in [0.3, 0.4) is 0 Å². The fraction of sp³-hybridized carbons (Fsp3) is 0.500. The van der Waals surface area contributed by atoms with Gasteiger partial charge < -0.3 is 11.1 Å². The van der Waals surface area contributed by atoms with Crippen LogP contribution in [0.15, 0.2) is 18.5 Å². The van der Waals surface area contributed by atoms with Gasteiger partial charge in [-0.3, -0.25) is 0 Å². The van der Waals surface area contributed by atoms with Crippen LogP contribution in [0.2, 0.25) is 0 Å². The highest BCUT2D eigenvalue weighted by Gasteiger charge is 2.28. The third-order valence-corrected chi connectivity index (χ3v) is 3.27. The lowest BCUT2D eigenvalue weighted by atomic mass is 10.2. The van der Waals surface area contributed by atoms with Crippen molar-refractivity contribution < 1.29 is 0 Å². The Morgan fingerprint density at radius 3 is 3.12 bits per heavy atom. The molecule has 0 bridgehead atoms. The lowest BCUT2D eigenvalue weighted by molar-refractivity contribution is 0.618. The maximum Gasteiger partial charge on any atom is 0.157 e. The summed E-state index contributed by atoms with van der Waals surface area (Å²) in [7, 11) is 0. The first-order chi connectivity index (χ1) is 8.24. The zero-order valence-electron chi connectivity index (χ0n) is 9.93. The molecule has 90 valence electrons. The predicted molar refractivity (Wildman–Crippen MR) is 66.9 cm³/mol. The smallest absolute Gasteiger partial charge is 0.157 e. The maximum atomic E-state index is 6.08. The lowest BCUT2D eigenvalue weighted by Crippen LogP contribution is -2.31. The van der Waals surface area contributed by atoms with Crippen LogP contribution >= 0.6 is 0 Å². The van der Waals surface area contributed by atoms with Gasteiger partial charge >= 0.3 is 0 Å². The van der Waals surface area contributed by atoms with Crippen LogP contribution < -0.4 is 11.1 Å². The molecule has 1 aliphatic carbocycles. The Labute approximate surface area is 100 Å². The number of fused-ring (bicyclic) bond motifs is 1. The summed E-state index contributed by atoms with van der Waals surface area (Å²) in [5.74, 6) is 1.67. The van der Waals surface area contributed by atoms with Gasteiger partial charge in [-0.15, -0.1) is 0 Å². The van der Waals surface area contributed by atoms with Crippen molar-refractivity contribution in [1.82, 2.24) is 14.6 Å². The largest absolute Gasteiger partial charge is 0.368 e. The highest BCUT2D eigenvalue weighted by atomic mass is 15.3. The average Bonchev–Trinajstić information content (AvgIpc) is 3.05. The molecule has 3 rings (SSSR count). The lowest BCUT2D eigenvalue weighted by Gasteiger charge is -2.13. The molecule has 17 heavy (non-hydrogen) atoms. The van der Waals surface area contributed by atoms with Gasteiger partial charge in [-0.1, -0.05) is 0 Å². The van der Waals surface area contributed by atoms with Gasteiger partial charge in [-0.2, -0.15) is 9.61 Å². The zero-order valence-corrected chi connectivity index (χ0v) is 9.93. The Bertz CT molecular complexity index is 529. The molecule has 0 spiro atoms. The van der Waals surface area contributed by atoms with Gasteiger partial charge in [0.1, 0.15) is 12.1 Å². The van der Waals surface area contributed by atoms with Crippen LogP contribution in [0.4, 0.5) is 5.82 Å². The maximum absolute atomic E-state index is 6.08. The Hall–Kier alpha value is -1.62. The van der Waals surface area contributed by atoms with Gasteiger partial charge in [-0.05, 0) is 43.4 Å². The number of anilines is 1. The summed E-state index contributed by atoms with van der Waals surface area (Å²) in [5, 5.41) is 7.57. The van der Waals surface area contributed by atoms with Gasteiger partial charge in [0.2, 0.25) is 0 Å². The van der Waals surface area contributed by atoms with Crippen LogP contribution in [0.25, 0.3) is 5.65 Å². The monoisotopic (exact) mass is 231 g/mol. The minimum absolute atomic E-state index is 0.245. The number of hydrogen-bond donors (Lipinski definition) is 2. The molecule has 0 aromatic carbocycles. The van der Waals surface area contributed by atoms with Crippen molar-refractivity contribution in [2.45, 2.75) is 25.8 Å². The number of aromatic nitrogens is 3. The highest BCUT2D eigenvalue weighted by Crippen LogP contribution is 2.31. The van der Waals surface area contributed by atoms with Crippen LogP contribution in [-0.2, 0) is 0 Å². The second kappa shape index (κ2) is 4.00. The molecule has 1 fully saturated rings. The summed E-state index contributed by atoms with van der Waals surface area (Å²) in [6, 6.07) is 4.33. The van der Waals surface area contributed by atoms with Crippen LogP contribution in [0.5, 0.6) is 0 Å². The second-order valence-electron chi connectivity index (χ2n) is 4.83. The van der Waals surface area contributed by atoms with Crippen molar-refractivity contribution >= 4 is 11.5 Å². The molecule has 1 aliphatic rings. The molecule has 0 amide bonds. The van der Waals surface area contributed by atoms with Crippen molar-refractivity contribution in [2.24, 2.45) is 11.7 Å². The highest BCUT2D eigenvalue weighted by molar-refractivity contribution is 5.51. The Morgan fingerprint density at radius 2 is 2.35 bits per heavy atom. The zero-order chi connectivity index (χ0) is 11.8. The van der Waals surface area contributed by atoms with Crippen LogP contribution in [0, 0.1) is 12.8 Å². The minimum atomic E-state index is 0.245. The van der Waals surface area contributed by atoms with Crippen molar-refractivity contribution in [3.05, 3.63) is 24.0 Å². The Morgan fingerprint density at radius 1 is 1.53 bits per heavy atom. The molecule has 2 aromatic rings. The van der Waals surface area contributed by atoms with Crippen LogP contribution in [0.1, 0.15) is 18.4 Å². The van der Waals surface area contributed by atoms with Gasteiger partial charge in [0.15, 0.2) is 5.65 Å². The number of nitrogens with two attached hydrogens (primary N) is 1. The third kappa shape index (κ3) is 2.10. The van der Waals surface area contributed by atoms with Crippen molar-refractivity contribution in [3.8, 4) is 0 Å². The molecule has 3 N–H and O–H groups in total. The minimum Gasteiger partial charge on any atom is -0.368 e. The van der Waals surface area contributed by atoms with E-state index in [0.29, 0.717) is 5.92 Å². The number of nitrogens with zero attached hydrogens (tertiary/aromatic N) is 3. The quantitative estimate of drug-likeness (QED) is 0.829. The molecule has 0 radical (unpaired) electrons. The van der Waals surface area contributed by atoms with E-state index in [4.69, 9.17) is 5.73 Å². The first-order valence-corrected chi connectivity index (χ1v) is 6.04. The van der Waals surface area contributed by atoms with E-state index < -0.39 is 0 Å². The fourth-order valence-electron chi connectivity index (χ4n) is 2.10. The Balaban J connectivity index is 1.80. The van der Waals surface area contributed by atoms with E-state index in [1.807, 2.05) is 10.6 Å². The summed E-state index contributed by atoms with van der Waals surface area (Å²) >= 11 is 0. The normalized spacial score (nSPS) is 17.3. The van der Waals surface area contributed by atoms with E-state index >= 15 is 0 Å². The fourth-order valence-corrected chi connectivity index (χ4v) is 2.10. The number of rotatable bonds is 4. The van der Waals surface area contributed by atoms with E-state index in [1.54, 1.807) is 6.33 Å². The Kier molecular flexibility index (Phi) is 2.48. The molecule has 1 atom stereocenters. The number of nitrogens with one attached hydrogen (secondary N) is 1. The van der Waals surface area contributed by atoms with Crippen LogP contribution in [-0.4, -0.2) is 27.2 Å². The van der Waals surface area contributed by atoms with E-state index in [1.165, 1.54) is 18.4 Å². The SMILES string of the molecule is Cc1cc(NCC(N)C2CC2)n2ncnc2c1. The van der Waals surface area contributed by atoms with Gasteiger partial charge in [-0.25, -0.2) is 4.98 Å². The number of pyridine rings is 1. The van der Waals surface area contributed by atoms with Crippen molar-refractivity contribution in [1.29, 1.82) is 0 Å². The van der Waals surface area contributed by atoms with Crippen molar-refractivity contribution in [3.63, 3.8) is 0 Å². The molecule has 5 heteroatoms. The molecule has 2 heterocycles. The summed E-state index contributed by atoms with van der Waals surface area (Å²) in [6.45, 7) is 2.85. The molecule has 1 saturated carbocycles. The molecule has 0 aliphatic heterocycles. The van der Waals surface area contributed by atoms with E-state index in [0.717, 1.165) is 18.0 Å². The summed E-state index contributed by atoms with van der Waals surface area (Å²) in [4.78, 5) is 4.20. The van der Waals surface area contributed by atoms with E-state index in [9.17, 15) is 0 Å². The van der Waals surface area contributed by atoms with Gasteiger partial charge in [0, 0.05) is 12.6 Å². The molecule has 1 unspecified atom stereocenters. The molecular formula is C12H17N5. The second-order valence-corrected chi connectivity index (χ2v) is 4.83. The first kappa shape index (κ1) is 10.5. The standard InChI is InChI=1S/C12H17N5/c1-8-4-11(14-6-10(13)9-2-3-9)17-12(5-8)15-7-16-17/h4-5,7,9-10,14H,2-3,6,13H2,1H3. The van der Waals surface area contributed by atoms with Gasteiger partial charge in [0.05, 0.1) is 0 Å². The molecular weight excluding hydrogens is 214 g/mol. The first-order valence-electron chi connectivity index (χ1n) is 6.04. The average molecular weight is 231 g/mol. The number of hydrogen-bond acceptors (Lipinski definition) is 4.